The van der Waals surface area contributed by atoms with Crippen LogP contribution < -0.4 is 5.01 Å². The molecule has 1 spiro atoms. The van der Waals surface area contributed by atoms with E-state index in [2.05, 4.69) is 23.8 Å². The molecule has 0 atom stereocenters. The molecule has 1 aromatic rings. The van der Waals surface area contributed by atoms with Crippen molar-refractivity contribution in [2.75, 3.05) is 32.3 Å². The Morgan fingerprint density at radius 2 is 1.70 bits per heavy atom. The molecule has 4 rings (SSSR count). The van der Waals surface area contributed by atoms with E-state index < -0.39 is 5.97 Å². The average molecular weight is 533 g/mol. The molecule has 1 aromatic heterocycles. The summed E-state index contributed by atoms with van der Waals surface area (Å²) < 4.78 is 11.6. The Balaban J connectivity index is 0.000000356. The molecule has 37 heavy (non-hydrogen) atoms. The molecule has 3 aliphatic rings. The predicted molar refractivity (Wildman–Crippen MR) is 148 cm³/mol. The Bertz CT molecular complexity index is 965. The Kier molecular flexibility index (Phi) is 10.2. The molecule has 2 heterocycles. The van der Waals surface area contributed by atoms with Gasteiger partial charge in [0.15, 0.2) is 5.79 Å². The number of ether oxygens (including phenoxy) is 2. The van der Waals surface area contributed by atoms with Crippen LogP contribution in [-0.2, 0) is 14.3 Å². The molecule has 1 aliphatic heterocycles. The quantitative estimate of drug-likeness (QED) is 0.291. The minimum absolute atomic E-state index is 0.126. The predicted octanol–water partition coefficient (Wildman–Crippen LogP) is 5.82. The molecule has 3 fully saturated rings. The first-order valence-electron chi connectivity index (χ1n) is 13.5. The molecule has 1 N–H and O–H groups in total. The molecule has 8 heteroatoms. The highest BCUT2D eigenvalue weighted by molar-refractivity contribution is 7.15. The summed E-state index contributed by atoms with van der Waals surface area (Å²) in [4.78, 5) is 23.2. The van der Waals surface area contributed by atoms with Crippen LogP contribution in [0.25, 0.3) is 0 Å². The second-order valence-electron chi connectivity index (χ2n) is 11.7. The monoisotopic (exact) mass is 532 g/mol. The summed E-state index contributed by atoms with van der Waals surface area (Å²) in [6, 6.07) is 2.20. The second-order valence-corrected chi connectivity index (χ2v) is 12.8. The first kappa shape index (κ1) is 29.6. The van der Waals surface area contributed by atoms with E-state index in [1.165, 1.54) is 24.2 Å². The number of aldehydes is 1. The molecule has 1 saturated heterocycles. The summed E-state index contributed by atoms with van der Waals surface area (Å²) in [6.45, 7) is 9.74. The highest BCUT2D eigenvalue weighted by atomic mass is 32.1. The van der Waals surface area contributed by atoms with Gasteiger partial charge in [0, 0.05) is 44.3 Å². The van der Waals surface area contributed by atoms with Gasteiger partial charge in [-0.25, -0.2) is 9.80 Å². The molecule has 7 nitrogen and oxygen atoms in total. The van der Waals surface area contributed by atoms with Crippen molar-refractivity contribution in [3.8, 4) is 11.8 Å². The number of anilines is 1. The number of nitrogens with zero attached hydrogens (tertiary/aromatic N) is 2. The van der Waals surface area contributed by atoms with E-state index in [-0.39, 0.29) is 11.2 Å². The zero-order valence-electron chi connectivity index (χ0n) is 23.3. The molecular formula is C29H44N2O5S. The van der Waals surface area contributed by atoms with Crippen LogP contribution in [0.1, 0.15) is 93.6 Å². The smallest absolute Gasteiger partial charge is 0.348 e. The first-order chi connectivity index (χ1) is 17.4. The third kappa shape index (κ3) is 8.28. The van der Waals surface area contributed by atoms with E-state index in [4.69, 9.17) is 9.47 Å². The van der Waals surface area contributed by atoms with Crippen molar-refractivity contribution in [2.24, 2.45) is 17.3 Å². The number of carbonyl (C=O) groups is 2. The van der Waals surface area contributed by atoms with Gasteiger partial charge in [-0.1, -0.05) is 31.6 Å². The molecule has 0 bridgehead atoms. The fourth-order valence-electron chi connectivity index (χ4n) is 5.12. The lowest BCUT2D eigenvalue weighted by molar-refractivity contribution is -0.183. The molecule has 0 amide bonds. The Hall–Kier alpha value is -1.92. The highest BCUT2D eigenvalue weighted by Crippen LogP contribution is 2.38. The number of carboxylic acid groups (broad SMARTS) is 1. The number of hydrogen-bond acceptors (Lipinski definition) is 7. The maximum absolute atomic E-state index is 11.8. The molecule has 0 aromatic carbocycles. The molecule has 2 saturated carbocycles. The Morgan fingerprint density at radius 1 is 1.11 bits per heavy atom. The summed E-state index contributed by atoms with van der Waals surface area (Å²) >= 11 is 1.23. The summed E-state index contributed by atoms with van der Waals surface area (Å²) in [7, 11) is 3.94. The lowest BCUT2D eigenvalue weighted by atomic mass is 9.84. The van der Waals surface area contributed by atoms with Gasteiger partial charge >= 0.3 is 5.97 Å². The maximum Gasteiger partial charge on any atom is 0.348 e. The lowest BCUT2D eigenvalue weighted by Crippen LogP contribution is -2.49. The van der Waals surface area contributed by atoms with Crippen molar-refractivity contribution in [3.63, 3.8) is 0 Å². The normalized spacial score (nSPS) is 23.6. The van der Waals surface area contributed by atoms with Gasteiger partial charge in [0.2, 0.25) is 0 Å². The number of carbonyl (C=O) groups excluding carboxylic acids is 1. The molecular weight excluding hydrogens is 488 g/mol. The average Bonchev–Trinajstić information content (AvgIpc) is 3.50. The van der Waals surface area contributed by atoms with E-state index in [1.54, 1.807) is 0 Å². The van der Waals surface area contributed by atoms with Gasteiger partial charge in [-0.2, -0.15) is 0 Å². The molecule has 0 radical (unpaired) electrons. The van der Waals surface area contributed by atoms with Gasteiger partial charge in [0.1, 0.15) is 11.2 Å². The van der Waals surface area contributed by atoms with Crippen molar-refractivity contribution in [1.29, 1.82) is 0 Å². The van der Waals surface area contributed by atoms with Crippen molar-refractivity contribution < 1.29 is 24.2 Å². The van der Waals surface area contributed by atoms with Gasteiger partial charge in [0.05, 0.1) is 23.8 Å². The van der Waals surface area contributed by atoms with Crippen molar-refractivity contribution in [3.05, 3.63) is 15.8 Å². The van der Waals surface area contributed by atoms with Gasteiger partial charge in [0.25, 0.3) is 0 Å². The van der Waals surface area contributed by atoms with E-state index in [9.17, 15) is 14.7 Å². The number of hydrazine groups is 1. The van der Waals surface area contributed by atoms with E-state index >= 15 is 0 Å². The van der Waals surface area contributed by atoms with Crippen molar-refractivity contribution >= 4 is 29.3 Å². The Labute approximate surface area is 226 Å². The largest absolute Gasteiger partial charge is 0.477 e. The number of aromatic carboxylic acids is 1. The number of carboxylic acids is 1. The van der Waals surface area contributed by atoms with E-state index in [0.29, 0.717) is 35.7 Å². The first-order valence-corrected chi connectivity index (χ1v) is 14.3. The van der Waals surface area contributed by atoms with Gasteiger partial charge in [-0.15, -0.1) is 11.3 Å². The van der Waals surface area contributed by atoms with Crippen LogP contribution in [0, 0.1) is 29.1 Å². The fourth-order valence-corrected chi connectivity index (χ4v) is 6.00. The standard InChI is InChI=1S/C21H30N2O4S.C8H14O/c1-20(2,3)9-8-16-14-17(18(28-16)19(24)25)23(5)22(4)15-6-10-21(11-7-15)26-12-13-27-21;1-7-2-4-8(6-9)5-3-7/h14-15H,6-7,10-13H2,1-5H3,(H,24,25);6-8H,2-5H2,1H3. The molecule has 2 aliphatic carbocycles. The SMILES string of the molecule is CC1CCC(C=O)CC1.CN(c1cc(C#CC(C)(C)C)sc1C(=O)O)N(C)C1CCC2(CC1)OCCO2. The van der Waals surface area contributed by atoms with Crippen LogP contribution in [0.3, 0.4) is 0 Å². The van der Waals surface area contributed by atoms with E-state index in [1.807, 2.05) is 45.9 Å². The summed E-state index contributed by atoms with van der Waals surface area (Å²) in [5.74, 6) is 6.26. The summed E-state index contributed by atoms with van der Waals surface area (Å²) in [5.41, 5.74) is 0.561. The molecule has 0 unspecified atom stereocenters. The topological polar surface area (TPSA) is 79.3 Å². The van der Waals surface area contributed by atoms with Crippen molar-refractivity contribution in [2.45, 2.75) is 90.9 Å². The summed E-state index contributed by atoms with van der Waals surface area (Å²) in [5, 5.41) is 13.8. The van der Waals surface area contributed by atoms with Crippen molar-refractivity contribution in [1.82, 2.24) is 5.01 Å². The van der Waals surface area contributed by atoms with Crippen LogP contribution in [0.15, 0.2) is 6.07 Å². The minimum atomic E-state index is -0.917. The lowest BCUT2D eigenvalue weighted by Gasteiger charge is -2.42. The zero-order valence-corrected chi connectivity index (χ0v) is 24.2. The molecule has 206 valence electrons. The van der Waals surface area contributed by atoms with Gasteiger partial charge in [-0.05, 0) is 58.4 Å². The minimum Gasteiger partial charge on any atom is -0.477 e. The number of hydrogen-bond donors (Lipinski definition) is 1. The number of thiophene rings is 1. The third-order valence-corrected chi connectivity index (χ3v) is 8.63. The number of rotatable bonds is 5. The third-order valence-electron chi connectivity index (χ3n) is 7.60. The summed E-state index contributed by atoms with van der Waals surface area (Å²) in [6.07, 6.45) is 9.52. The Morgan fingerprint density at radius 3 is 2.22 bits per heavy atom. The zero-order chi connectivity index (χ0) is 27.2. The van der Waals surface area contributed by atoms with Gasteiger partial charge < -0.3 is 24.4 Å². The second kappa shape index (κ2) is 12.8. The van der Waals surface area contributed by atoms with Crippen LogP contribution in [0.2, 0.25) is 0 Å². The van der Waals surface area contributed by atoms with Gasteiger partial charge in [-0.3, -0.25) is 0 Å². The maximum atomic E-state index is 11.8. The van der Waals surface area contributed by atoms with Crippen LogP contribution >= 0.6 is 11.3 Å². The van der Waals surface area contributed by atoms with Crippen LogP contribution in [0.5, 0.6) is 0 Å². The fraction of sp³-hybridized carbons (Fsp3) is 0.724. The highest BCUT2D eigenvalue weighted by Gasteiger charge is 2.41. The van der Waals surface area contributed by atoms with Crippen LogP contribution in [0.4, 0.5) is 5.69 Å². The van der Waals surface area contributed by atoms with Crippen LogP contribution in [-0.4, -0.2) is 61.5 Å². The van der Waals surface area contributed by atoms with E-state index in [0.717, 1.165) is 55.6 Å².